The van der Waals surface area contributed by atoms with E-state index in [2.05, 4.69) is 9.97 Å². The fourth-order valence-electron chi connectivity index (χ4n) is 1.29. The number of hydrogen-bond donors (Lipinski definition) is 1. The van der Waals surface area contributed by atoms with Crippen LogP contribution in [-0.4, -0.2) is 21.0 Å². The van der Waals surface area contributed by atoms with Gasteiger partial charge in [0.05, 0.1) is 0 Å². The highest BCUT2D eigenvalue weighted by Crippen LogP contribution is 2.24. The Kier molecular flexibility index (Phi) is 4.17. The van der Waals surface area contributed by atoms with Gasteiger partial charge in [0.25, 0.3) is 0 Å². The van der Waals surface area contributed by atoms with Gasteiger partial charge in [0.2, 0.25) is 0 Å². The number of carbonyl (C=O) groups is 1. The van der Waals surface area contributed by atoms with Crippen LogP contribution in [0.3, 0.4) is 0 Å². The number of aromatic carboxylic acids is 1. The predicted octanol–water partition coefficient (Wildman–Crippen LogP) is 3.12. The van der Waals surface area contributed by atoms with Gasteiger partial charge in [-0.15, -0.1) is 0 Å². The molecule has 1 aromatic carbocycles. The summed E-state index contributed by atoms with van der Waals surface area (Å²) in [7, 11) is 0. The van der Waals surface area contributed by atoms with E-state index in [9.17, 15) is 4.79 Å². The number of aromatic nitrogens is 2. The van der Waals surface area contributed by atoms with Crippen LogP contribution >= 0.6 is 23.4 Å². The van der Waals surface area contributed by atoms with Crippen molar-refractivity contribution >= 4 is 29.3 Å². The first-order valence-corrected chi connectivity index (χ1v) is 6.46. The van der Waals surface area contributed by atoms with E-state index in [1.165, 1.54) is 24.0 Å². The summed E-state index contributed by atoms with van der Waals surface area (Å²) in [6, 6.07) is 8.85. The molecule has 0 unspecified atom stereocenters. The Bertz CT molecular complexity index is 578. The summed E-state index contributed by atoms with van der Waals surface area (Å²) in [5.74, 6) is -0.458. The van der Waals surface area contributed by atoms with Crippen molar-refractivity contribution in [2.45, 2.75) is 10.9 Å². The molecule has 0 fully saturated rings. The molecule has 0 aliphatic carbocycles. The Balaban J connectivity index is 2.09. The molecular weight excluding hydrogens is 272 g/mol. The average molecular weight is 281 g/mol. The second-order valence-corrected chi connectivity index (χ2v) is 4.76. The zero-order chi connectivity index (χ0) is 13.0. The second kappa shape index (κ2) is 5.84. The van der Waals surface area contributed by atoms with Gasteiger partial charge in [0.15, 0.2) is 10.9 Å². The van der Waals surface area contributed by atoms with Crippen LogP contribution in [0.5, 0.6) is 0 Å². The van der Waals surface area contributed by atoms with Crippen molar-refractivity contribution in [3.63, 3.8) is 0 Å². The van der Waals surface area contributed by atoms with E-state index < -0.39 is 5.97 Å². The van der Waals surface area contributed by atoms with Gasteiger partial charge in [0.1, 0.15) is 0 Å². The van der Waals surface area contributed by atoms with Gasteiger partial charge in [-0.3, -0.25) is 0 Å². The van der Waals surface area contributed by atoms with Crippen LogP contribution in [0.4, 0.5) is 0 Å². The number of carboxylic acid groups (broad SMARTS) is 1. The number of rotatable bonds is 4. The molecule has 2 rings (SSSR count). The number of halogens is 1. The quantitative estimate of drug-likeness (QED) is 0.689. The Morgan fingerprint density at radius 2 is 2.11 bits per heavy atom. The van der Waals surface area contributed by atoms with E-state index in [0.29, 0.717) is 15.9 Å². The van der Waals surface area contributed by atoms with Gasteiger partial charge in [-0.1, -0.05) is 41.6 Å². The first kappa shape index (κ1) is 12.9. The molecular formula is C12H9ClN2O2S. The van der Waals surface area contributed by atoms with E-state index in [4.69, 9.17) is 16.7 Å². The summed E-state index contributed by atoms with van der Waals surface area (Å²) in [5, 5.41) is 9.92. The van der Waals surface area contributed by atoms with Crippen LogP contribution in [0, 0.1) is 0 Å². The molecule has 0 amide bonds. The predicted molar refractivity (Wildman–Crippen MR) is 70.0 cm³/mol. The molecule has 0 saturated heterocycles. The first-order chi connectivity index (χ1) is 8.66. The van der Waals surface area contributed by atoms with Crippen molar-refractivity contribution in [2.75, 3.05) is 0 Å². The van der Waals surface area contributed by atoms with Crippen molar-refractivity contribution in [1.29, 1.82) is 0 Å². The zero-order valence-corrected chi connectivity index (χ0v) is 10.8. The molecule has 1 aromatic heterocycles. The van der Waals surface area contributed by atoms with Crippen LogP contribution in [0.2, 0.25) is 5.02 Å². The summed E-state index contributed by atoms with van der Waals surface area (Å²) in [4.78, 5) is 18.7. The third-order valence-electron chi connectivity index (χ3n) is 2.17. The fraction of sp³-hybridized carbons (Fsp3) is 0.0833. The molecule has 2 aromatic rings. The number of nitrogens with zero attached hydrogens (tertiary/aromatic N) is 2. The zero-order valence-electron chi connectivity index (χ0n) is 9.21. The third-order valence-corrected chi connectivity index (χ3v) is 3.45. The van der Waals surface area contributed by atoms with Gasteiger partial charge in [-0.2, -0.15) is 0 Å². The maximum Gasteiger partial charge on any atom is 0.354 e. The summed E-state index contributed by atoms with van der Waals surface area (Å²) in [6.45, 7) is 0. The molecule has 4 nitrogen and oxygen atoms in total. The molecule has 0 atom stereocenters. The average Bonchev–Trinajstić information content (AvgIpc) is 2.38. The van der Waals surface area contributed by atoms with Crippen LogP contribution in [0.25, 0.3) is 0 Å². The highest BCUT2D eigenvalue weighted by molar-refractivity contribution is 7.98. The Labute approximate surface area is 113 Å². The molecule has 1 heterocycles. The Morgan fingerprint density at radius 3 is 2.83 bits per heavy atom. The van der Waals surface area contributed by atoms with E-state index in [1.807, 2.05) is 24.3 Å². The van der Waals surface area contributed by atoms with Crippen molar-refractivity contribution in [1.82, 2.24) is 9.97 Å². The Morgan fingerprint density at radius 1 is 1.33 bits per heavy atom. The minimum absolute atomic E-state index is 0.00772. The highest BCUT2D eigenvalue weighted by Gasteiger charge is 2.07. The smallest absolute Gasteiger partial charge is 0.354 e. The van der Waals surface area contributed by atoms with Crippen LogP contribution in [-0.2, 0) is 5.75 Å². The SMILES string of the molecule is O=C(O)c1ccnc(SCc2ccccc2Cl)n1. The molecule has 0 aliphatic heterocycles. The lowest BCUT2D eigenvalue weighted by Gasteiger charge is -2.03. The van der Waals surface area contributed by atoms with Crippen molar-refractivity contribution < 1.29 is 9.90 Å². The van der Waals surface area contributed by atoms with E-state index in [0.717, 1.165) is 5.56 Å². The van der Waals surface area contributed by atoms with Gasteiger partial charge >= 0.3 is 5.97 Å². The lowest BCUT2D eigenvalue weighted by molar-refractivity contribution is 0.0689. The number of carboxylic acids is 1. The maximum atomic E-state index is 10.8. The van der Waals surface area contributed by atoms with E-state index in [1.54, 1.807) is 0 Å². The first-order valence-electron chi connectivity index (χ1n) is 5.09. The fourth-order valence-corrected chi connectivity index (χ4v) is 2.40. The molecule has 18 heavy (non-hydrogen) atoms. The topological polar surface area (TPSA) is 63.1 Å². The minimum Gasteiger partial charge on any atom is -0.477 e. The summed E-state index contributed by atoms with van der Waals surface area (Å²) >= 11 is 7.37. The van der Waals surface area contributed by atoms with Gasteiger partial charge in [0, 0.05) is 17.0 Å². The Hall–Kier alpha value is -1.59. The molecule has 92 valence electrons. The van der Waals surface area contributed by atoms with E-state index >= 15 is 0 Å². The summed E-state index contributed by atoms with van der Waals surface area (Å²) in [6.07, 6.45) is 1.44. The number of hydrogen-bond acceptors (Lipinski definition) is 4. The maximum absolute atomic E-state index is 10.8. The molecule has 6 heteroatoms. The lowest BCUT2D eigenvalue weighted by atomic mass is 10.2. The minimum atomic E-state index is -1.06. The van der Waals surface area contributed by atoms with Crippen molar-refractivity contribution in [3.05, 3.63) is 52.8 Å². The van der Waals surface area contributed by atoms with Gasteiger partial charge in [-0.05, 0) is 17.7 Å². The monoisotopic (exact) mass is 280 g/mol. The van der Waals surface area contributed by atoms with Gasteiger partial charge in [-0.25, -0.2) is 14.8 Å². The van der Waals surface area contributed by atoms with E-state index in [-0.39, 0.29) is 5.69 Å². The molecule has 0 saturated carbocycles. The van der Waals surface area contributed by atoms with Crippen LogP contribution < -0.4 is 0 Å². The van der Waals surface area contributed by atoms with Crippen LogP contribution in [0.1, 0.15) is 16.1 Å². The molecule has 0 radical (unpaired) electrons. The number of thioether (sulfide) groups is 1. The highest BCUT2D eigenvalue weighted by atomic mass is 35.5. The van der Waals surface area contributed by atoms with Crippen molar-refractivity contribution in [2.24, 2.45) is 0 Å². The molecule has 0 bridgehead atoms. The second-order valence-electron chi connectivity index (χ2n) is 3.41. The number of benzene rings is 1. The van der Waals surface area contributed by atoms with Gasteiger partial charge < -0.3 is 5.11 Å². The summed E-state index contributed by atoms with van der Waals surface area (Å²) < 4.78 is 0. The third kappa shape index (κ3) is 3.21. The molecule has 0 spiro atoms. The molecule has 0 aliphatic rings. The lowest BCUT2D eigenvalue weighted by Crippen LogP contribution is -2.01. The normalized spacial score (nSPS) is 10.3. The standard InChI is InChI=1S/C12H9ClN2O2S/c13-9-4-2-1-3-8(9)7-18-12-14-6-5-10(15-12)11(16)17/h1-6H,7H2,(H,16,17). The van der Waals surface area contributed by atoms with Crippen LogP contribution in [0.15, 0.2) is 41.7 Å². The van der Waals surface area contributed by atoms with Crippen molar-refractivity contribution in [3.8, 4) is 0 Å². The molecule has 1 N–H and O–H groups in total. The summed E-state index contributed by atoms with van der Waals surface area (Å²) in [5.41, 5.74) is 0.958. The largest absolute Gasteiger partial charge is 0.477 e.